The first-order valence-electron chi connectivity index (χ1n) is 20.0. The number of fused-ring (bicyclic) bond motifs is 5. The molecule has 0 radical (unpaired) electrons. The Morgan fingerprint density at radius 3 is 1.31 bits per heavy atom. The first-order chi connectivity index (χ1) is 29.3. The van der Waals surface area contributed by atoms with E-state index in [0.717, 1.165) is 55.9 Å². The van der Waals surface area contributed by atoms with Crippen LogP contribution in [0.15, 0.2) is 231 Å². The van der Waals surface area contributed by atoms with Crippen LogP contribution in [-0.4, -0.2) is 14.3 Å². The molecule has 0 amide bonds. The second kappa shape index (κ2) is 14.5. The Morgan fingerprint density at radius 2 is 0.780 bits per heavy atom. The molecule has 0 saturated carbocycles. The second-order valence-electron chi connectivity index (χ2n) is 14.9. The predicted octanol–water partition coefficient (Wildman–Crippen LogP) is 14.6. The second-order valence-corrected chi connectivity index (χ2v) is 14.9. The molecular weight excluding hydrogens is 717 g/mol. The highest BCUT2D eigenvalue weighted by molar-refractivity contribution is 6.18. The summed E-state index contributed by atoms with van der Waals surface area (Å²) in [7, 11) is 0. The Labute approximate surface area is 343 Å². The van der Waals surface area contributed by atoms with E-state index in [9.17, 15) is 0 Å². The van der Waals surface area contributed by atoms with Gasteiger partial charge in [-0.05, 0) is 106 Å². The third-order valence-electron chi connectivity index (χ3n) is 11.4. The molecule has 59 heavy (non-hydrogen) atoms. The minimum Gasteiger partial charge on any atom is -0.311 e. The van der Waals surface area contributed by atoms with Gasteiger partial charge in [0, 0.05) is 38.9 Å². The molecule has 4 heteroatoms. The summed E-state index contributed by atoms with van der Waals surface area (Å²) >= 11 is 0. The normalized spacial score (nSPS) is 11.4. The summed E-state index contributed by atoms with van der Waals surface area (Å²) in [6.07, 6.45) is 1.97. The van der Waals surface area contributed by atoms with E-state index in [1.54, 1.807) is 0 Å². The minimum absolute atomic E-state index is 1.04. The topological polar surface area (TPSA) is 26.0 Å². The van der Waals surface area contributed by atoms with Crippen molar-refractivity contribution in [3.63, 3.8) is 0 Å². The summed E-state index contributed by atoms with van der Waals surface area (Å²) in [5.74, 6) is 0. The van der Waals surface area contributed by atoms with Gasteiger partial charge in [-0.3, -0.25) is 0 Å². The lowest BCUT2D eigenvalue weighted by atomic mass is 10.0. The maximum atomic E-state index is 4.89. The highest BCUT2D eigenvalue weighted by Crippen LogP contribution is 2.41. The fourth-order valence-electron chi connectivity index (χ4n) is 8.52. The quantitative estimate of drug-likeness (QED) is 0.154. The van der Waals surface area contributed by atoms with Crippen molar-refractivity contribution in [1.29, 1.82) is 0 Å². The summed E-state index contributed by atoms with van der Waals surface area (Å²) in [5.41, 5.74) is 16.0. The summed E-state index contributed by atoms with van der Waals surface area (Å²) in [6, 6.07) is 80.2. The van der Waals surface area contributed by atoms with Crippen molar-refractivity contribution in [2.24, 2.45) is 0 Å². The summed E-state index contributed by atoms with van der Waals surface area (Å²) < 4.78 is 4.47. The molecule has 2 aromatic heterocycles. The van der Waals surface area contributed by atoms with E-state index in [-0.39, 0.29) is 0 Å². The van der Waals surface area contributed by atoms with Gasteiger partial charge in [-0.25, -0.2) is 4.68 Å². The number of rotatable bonds is 8. The van der Waals surface area contributed by atoms with E-state index < -0.39 is 0 Å². The number of para-hydroxylation sites is 2. The molecule has 0 unspecified atom stereocenters. The van der Waals surface area contributed by atoms with Crippen molar-refractivity contribution < 1.29 is 0 Å². The molecule has 11 rings (SSSR count). The Morgan fingerprint density at radius 1 is 0.339 bits per heavy atom. The van der Waals surface area contributed by atoms with Gasteiger partial charge in [0.25, 0.3) is 0 Å². The van der Waals surface area contributed by atoms with Gasteiger partial charge in [0.15, 0.2) is 0 Å². The fourth-order valence-corrected chi connectivity index (χ4v) is 8.52. The first kappa shape index (κ1) is 34.3. The van der Waals surface area contributed by atoms with Gasteiger partial charge in [0.1, 0.15) is 0 Å². The molecule has 0 aliphatic heterocycles. The van der Waals surface area contributed by atoms with E-state index in [2.05, 4.69) is 233 Å². The van der Waals surface area contributed by atoms with E-state index in [0.29, 0.717) is 0 Å². The molecule has 0 spiro atoms. The highest BCUT2D eigenvalue weighted by Gasteiger charge is 2.20. The highest BCUT2D eigenvalue weighted by atomic mass is 15.3. The molecule has 4 nitrogen and oxygen atoms in total. The zero-order valence-corrected chi connectivity index (χ0v) is 32.2. The van der Waals surface area contributed by atoms with Crippen molar-refractivity contribution in [2.45, 2.75) is 0 Å². The lowest BCUT2D eigenvalue weighted by Crippen LogP contribution is -2.09. The first-order valence-corrected chi connectivity index (χ1v) is 20.0. The third kappa shape index (κ3) is 6.15. The van der Waals surface area contributed by atoms with Crippen LogP contribution in [0.3, 0.4) is 0 Å². The van der Waals surface area contributed by atoms with Crippen LogP contribution in [0, 0.1) is 0 Å². The van der Waals surface area contributed by atoms with E-state index in [4.69, 9.17) is 5.10 Å². The molecule has 9 aromatic carbocycles. The molecule has 0 aliphatic carbocycles. The Kier molecular flexibility index (Phi) is 8.45. The fraction of sp³-hybridized carbons (Fsp3) is 0. The molecule has 11 aromatic rings. The van der Waals surface area contributed by atoms with Gasteiger partial charge >= 0.3 is 0 Å². The number of hydrogen-bond donors (Lipinski definition) is 0. The maximum absolute atomic E-state index is 4.89. The van der Waals surface area contributed by atoms with Crippen LogP contribution in [0.4, 0.5) is 17.1 Å². The molecule has 0 atom stereocenters. The van der Waals surface area contributed by atoms with E-state index >= 15 is 0 Å². The average Bonchev–Trinajstić information content (AvgIpc) is 3.90. The Hall–Kier alpha value is -7.95. The number of nitrogens with zero attached hydrogens (tertiary/aromatic N) is 4. The molecule has 278 valence electrons. The van der Waals surface area contributed by atoms with Crippen LogP contribution in [-0.2, 0) is 0 Å². The van der Waals surface area contributed by atoms with Crippen LogP contribution in [0.2, 0.25) is 0 Å². The molecule has 0 N–H and O–H groups in total. The van der Waals surface area contributed by atoms with E-state index in [1.807, 2.05) is 12.3 Å². The summed E-state index contributed by atoms with van der Waals surface area (Å²) in [4.78, 5) is 2.34. The Balaban J connectivity index is 1.02. The molecule has 0 saturated heterocycles. The number of hydrogen-bond acceptors (Lipinski definition) is 2. The molecule has 2 heterocycles. The van der Waals surface area contributed by atoms with Crippen LogP contribution < -0.4 is 4.90 Å². The minimum atomic E-state index is 1.04. The van der Waals surface area contributed by atoms with E-state index in [1.165, 1.54) is 38.6 Å². The lowest BCUT2D eigenvalue weighted by molar-refractivity contribution is 0.911. The van der Waals surface area contributed by atoms with Gasteiger partial charge in [-0.15, -0.1) is 0 Å². The summed E-state index contributed by atoms with van der Waals surface area (Å²) in [5, 5.41) is 8.38. The third-order valence-corrected chi connectivity index (χ3v) is 11.4. The monoisotopic (exact) mass is 754 g/mol. The zero-order valence-electron chi connectivity index (χ0n) is 32.2. The average molecular weight is 755 g/mol. The van der Waals surface area contributed by atoms with Gasteiger partial charge < -0.3 is 9.47 Å². The number of benzene rings is 9. The van der Waals surface area contributed by atoms with Crippen LogP contribution in [0.5, 0.6) is 0 Å². The van der Waals surface area contributed by atoms with Gasteiger partial charge in [0.05, 0.1) is 28.4 Å². The SMILES string of the molecule is c1ccc(-c2ccc(N(c3ccc(-c4ccccc4)cc3)c3ccc(-c4ccc5c(c4)c4ccc6cnn(-c7ccccc7)c6c4n5-c4ccccc4)cc3)cc2)cc1. The molecular formula is C55H38N4. The van der Waals surface area contributed by atoms with Crippen molar-refractivity contribution in [3.05, 3.63) is 231 Å². The lowest BCUT2D eigenvalue weighted by Gasteiger charge is -2.26. The number of aromatic nitrogens is 3. The maximum Gasteiger partial charge on any atom is 0.0987 e. The van der Waals surface area contributed by atoms with Crippen LogP contribution in [0.25, 0.3) is 77.5 Å². The van der Waals surface area contributed by atoms with Gasteiger partial charge in [-0.2, -0.15) is 5.10 Å². The predicted molar refractivity (Wildman–Crippen MR) is 246 cm³/mol. The van der Waals surface area contributed by atoms with Gasteiger partial charge in [-0.1, -0.05) is 152 Å². The Bertz CT molecular complexity index is 3120. The number of anilines is 3. The van der Waals surface area contributed by atoms with Gasteiger partial charge in [0.2, 0.25) is 0 Å². The van der Waals surface area contributed by atoms with Crippen molar-refractivity contribution in [1.82, 2.24) is 14.3 Å². The molecule has 0 fully saturated rings. The van der Waals surface area contributed by atoms with Crippen LogP contribution >= 0.6 is 0 Å². The van der Waals surface area contributed by atoms with Crippen molar-refractivity contribution in [2.75, 3.05) is 4.90 Å². The van der Waals surface area contributed by atoms with Crippen LogP contribution in [0.1, 0.15) is 0 Å². The molecule has 0 aliphatic rings. The standard InChI is InChI=1S/C55H38N4/c1-5-13-39(14-6-1)41-21-29-47(30-22-41)57(48-31-23-42(24-32-48)40-15-7-2-8-16-40)49-33-25-43(26-34-49)44-28-36-53-52(37-44)51-35-27-45-38-56-59(50-19-11-4-12-20-50)54(45)55(51)58(53)46-17-9-3-10-18-46/h1-38H. The zero-order chi connectivity index (χ0) is 39.1. The smallest absolute Gasteiger partial charge is 0.0987 e. The van der Waals surface area contributed by atoms with Crippen molar-refractivity contribution >= 4 is 49.8 Å². The molecule has 0 bridgehead atoms. The summed E-state index contributed by atoms with van der Waals surface area (Å²) in [6.45, 7) is 0. The van der Waals surface area contributed by atoms with Crippen molar-refractivity contribution in [3.8, 4) is 44.8 Å². The largest absolute Gasteiger partial charge is 0.311 e.